The van der Waals surface area contributed by atoms with Gasteiger partial charge in [0.2, 0.25) is 0 Å². The lowest BCUT2D eigenvalue weighted by molar-refractivity contribution is -0.149. The molecule has 2 heterocycles. The Bertz CT molecular complexity index is 380. The SMILES string of the molecule is C[C@H](OC[C@@H]1CCCO1)C(=O)N1CC[C@](C)(C(=O)O)C1. The largest absolute Gasteiger partial charge is 0.481 e. The van der Waals surface area contributed by atoms with E-state index in [1.165, 1.54) is 0 Å². The van der Waals surface area contributed by atoms with E-state index in [-0.39, 0.29) is 18.6 Å². The highest BCUT2D eigenvalue weighted by molar-refractivity contribution is 5.83. The van der Waals surface area contributed by atoms with Gasteiger partial charge >= 0.3 is 5.97 Å². The number of ether oxygens (including phenoxy) is 2. The zero-order valence-corrected chi connectivity index (χ0v) is 12.1. The highest BCUT2D eigenvalue weighted by Crippen LogP contribution is 2.30. The molecule has 1 N–H and O–H groups in total. The third kappa shape index (κ3) is 3.30. The second-order valence-electron chi connectivity index (χ2n) is 5.99. The molecule has 0 bridgehead atoms. The molecule has 114 valence electrons. The monoisotopic (exact) mass is 285 g/mol. The number of carboxylic acid groups (broad SMARTS) is 1. The predicted octanol–water partition coefficient (Wildman–Crippen LogP) is 0.894. The molecule has 6 heteroatoms. The lowest BCUT2D eigenvalue weighted by atomic mass is 9.90. The van der Waals surface area contributed by atoms with Gasteiger partial charge in [0.25, 0.3) is 5.91 Å². The first-order valence-corrected chi connectivity index (χ1v) is 7.18. The van der Waals surface area contributed by atoms with E-state index in [1.54, 1.807) is 18.7 Å². The normalized spacial score (nSPS) is 31.5. The van der Waals surface area contributed by atoms with Crippen LogP contribution in [0, 0.1) is 5.41 Å². The van der Waals surface area contributed by atoms with Crippen LogP contribution in [0.15, 0.2) is 0 Å². The van der Waals surface area contributed by atoms with E-state index in [0.717, 1.165) is 19.4 Å². The van der Waals surface area contributed by atoms with E-state index >= 15 is 0 Å². The average molecular weight is 285 g/mol. The molecule has 1 amide bonds. The van der Waals surface area contributed by atoms with E-state index in [1.807, 2.05) is 0 Å². The number of amides is 1. The number of carbonyl (C=O) groups excluding carboxylic acids is 1. The Morgan fingerprint density at radius 1 is 1.55 bits per heavy atom. The van der Waals surface area contributed by atoms with E-state index < -0.39 is 17.5 Å². The maximum Gasteiger partial charge on any atom is 0.311 e. The van der Waals surface area contributed by atoms with Crippen LogP contribution in [-0.4, -0.2) is 60.4 Å². The Labute approximate surface area is 119 Å². The van der Waals surface area contributed by atoms with Gasteiger partial charge in [-0.05, 0) is 33.1 Å². The summed E-state index contributed by atoms with van der Waals surface area (Å²) in [6.45, 7) is 5.33. The van der Waals surface area contributed by atoms with Gasteiger partial charge in [0.1, 0.15) is 6.10 Å². The van der Waals surface area contributed by atoms with Gasteiger partial charge < -0.3 is 19.5 Å². The molecule has 2 aliphatic rings. The van der Waals surface area contributed by atoms with Crippen molar-refractivity contribution in [3.63, 3.8) is 0 Å². The molecule has 0 unspecified atom stereocenters. The Balaban J connectivity index is 1.80. The van der Waals surface area contributed by atoms with E-state index in [9.17, 15) is 14.7 Å². The number of hydrogen-bond donors (Lipinski definition) is 1. The van der Waals surface area contributed by atoms with Crippen LogP contribution in [0.1, 0.15) is 33.1 Å². The van der Waals surface area contributed by atoms with Gasteiger partial charge in [0.05, 0.1) is 18.1 Å². The van der Waals surface area contributed by atoms with Crippen LogP contribution in [0.5, 0.6) is 0 Å². The molecule has 0 radical (unpaired) electrons. The van der Waals surface area contributed by atoms with Crippen LogP contribution in [0.2, 0.25) is 0 Å². The molecule has 20 heavy (non-hydrogen) atoms. The van der Waals surface area contributed by atoms with Gasteiger partial charge in [0.15, 0.2) is 0 Å². The molecule has 0 saturated carbocycles. The minimum atomic E-state index is -0.847. The first-order chi connectivity index (χ1) is 9.42. The Morgan fingerprint density at radius 3 is 2.85 bits per heavy atom. The lowest BCUT2D eigenvalue weighted by Crippen LogP contribution is -2.40. The van der Waals surface area contributed by atoms with Crippen LogP contribution < -0.4 is 0 Å². The second kappa shape index (κ2) is 6.10. The van der Waals surface area contributed by atoms with Crippen molar-refractivity contribution in [2.24, 2.45) is 5.41 Å². The van der Waals surface area contributed by atoms with Crippen molar-refractivity contribution >= 4 is 11.9 Å². The zero-order valence-electron chi connectivity index (χ0n) is 12.1. The molecule has 3 atom stereocenters. The van der Waals surface area contributed by atoms with Crippen molar-refractivity contribution in [3.05, 3.63) is 0 Å². The first-order valence-electron chi connectivity index (χ1n) is 7.18. The standard InChI is InChI=1S/C14H23NO5/c1-10(20-8-11-4-3-7-19-11)12(16)15-6-5-14(2,9-15)13(17)18/h10-11H,3-9H2,1-2H3,(H,17,18)/t10-,11-,14-/m0/s1. The molecule has 6 nitrogen and oxygen atoms in total. The van der Waals surface area contributed by atoms with Crippen molar-refractivity contribution in [2.75, 3.05) is 26.3 Å². The minimum Gasteiger partial charge on any atom is -0.481 e. The van der Waals surface area contributed by atoms with Crippen LogP contribution >= 0.6 is 0 Å². The molecule has 2 fully saturated rings. The molecule has 0 aliphatic carbocycles. The smallest absolute Gasteiger partial charge is 0.311 e. The topological polar surface area (TPSA) is 76.1 Å². The molecule has 2 rings (SSSR count). The second-order valence-corrected chi connectivity index (χ2v) is 5.99. The highest BCUT2D eigenvalue weighted by atomic mass is 16.5. The van der Waals surface area contributed by atoms with Crippen molar-refractivity contribution in [1.29, 1.82) is 0 Å². The summed E-state index contributed by atoms with van der Waals surface area (Å²) < 4.78 is 11.0. The third-order valence-corrected chi connectivity index (χ3v) is 4.21. The summed E-state index contributed by atoms with van der Waals surface area (Å²) in [4.78, 5) is 25.0. The molecule has 0 spiro atoms. The Morgan fingerprint density at radius 2 is 2.30 bits per heavy atom. The fourth-order valence-corrected chi connectivity index (χ4v) is 2.68. The molecular formula is C14H23NO5. The zero-order chi connectivity index (χ0) is 14.8. The number of carboxylic acids is 1. The molecule has 0 aromatic heterocycles. The van der Waals surface area contributed by atoms with Crippen LogP contribution in [0.3, 0.4) is 0 Å². The fraction of sp³-hybridized carbons (Fsp3) is 0.857. The van der Waals surface area contributed by atoms with Crippen molar-refractivity contribution < 1.29 is 24.2 Å². The molecule has 2 aliphatic heterocycles. The third-order valence-electron chi connectivity index (χ3n) is 4.21. The van der Waals surface area contributed by atoms with Gasteiger partial charge in [-0.3, -0.25) is 9.59 Å². The van der Waals surface area contributed by atoms with Crippen LogP contribution in [0.4, 0.5) is 0 Å². The number of nitrogens with zero attached hydrogens (tertiary/aromatic N) is 1. The van der Waals surface area contributed by atoms with Gasteiger partial charge in [0, 0.05) is 19.7 Å². The van der Waals surface area contributed by atoms with E-state index in [2.05, 4.69) is 0 Å². The van der Waals surface area contributed by atoms with Crippen molar-refractivity contribution in [1.82, 2.24) is 4.90 Å². The highest BCUT2D eigenvalue weighted by Gasteiger charge is 2.43. The van der Waals surface area contributed by atoms with E-state index in [0.29, 0.717) is 19.6 Å². The fourth-order valence-electron chi connectivity index (χ4n) is 2.68. The quantitative estimate of drug-likeness (QED) is 0.812. The van der Waals surface area contributed by atoms with Gasteiger partial charge in [-0.2, -0.15) is 0 Å². The number of carbonyl (C=O) groups is 2. The van der Waals surface area contributed by atoms with E-state index in [4.69, 9.17) is 9.47 Å². The van der Waals surface area contributed by atoms with Gasteiger partial charge in [-0.1, -0.05) is 0 Å². The predicted molar refractivity (Wildman–Crippen MR) is 71.3 cm³/mol. The average Bonchev–Trinajstić information content (AvgIpc) is 3.05. The minimum absolute atomic E-state index is 0.0908. The molecule has 0 aromatic carbocycles. The summed E-state index contributed by atoms with van der Waals surface area (Å²) in [7, 11) is 0. The lowest BCUT2D eigenvalue weighted by Gasteiger charge is -2.23. The summed E-state index contributed by atoms with van der Waals surface area (Å²) in [6.07, 6.45) is 2.05. The van der Waals surface area contributed by atoms with Gasteiger partial charge in [-0.25, -0.2) is 0 Å². The Kier molecular flexibility index (Phi) is 4.65. The summed E-state index contributed by atoms with van der Waals surface area (Å²) in [5.41, 5.74) is -0.829. The Hall–Kier alpha value is -1.14. The maximum absolute atomic E-state index is 12.2. The van der Waals surface area contributed by atoms with Gasteiger partial charge in [-0.15, -0.1) is 0 Å². The van der Waals surface area contributed by atoms with Crippen LogP contribution in [0.25, 0.3) is 0 Å². The summed E-state index contributed by atoms with van der Waals surface area (Å²) >= 11 is 0. The number of likely N-dealkylation sites (tertiary alicyclic amines) is 1. The van der Waals surface area contributed by atoms with Crippen molar-refractivity contribution in [3.8, 4) is 0 Å². The first kappa shape index (κ1) is 15.3. The van der Waals surface area contributed by atoms with Crippen molar-refractivity contribution in [2.45, 2.75) is 45.3 Å². The summed E-state index contributed by atoms with van der Waals surface area (Å²) in [5.74, 6) is -0.978. The number of aliphatic carboxylic acids is 1. The maximum atomic E-state index is 12.2. The van der Waals surface area contributed by atoms with Crippen LogP contribution in [-0.2, 0) is 19.1 Å². The number of rotatable bonds is 5. The molecule has 2 saturated heterocycles. The summed E-state index contributed by atoms with van der Waals surface area (Å²) in [6, 6.07) is 0. The summed E-state index contributed by atoms with van der Waals surface area (Å²) in [5, 5.41) is 9.17. The molecular weight excluding hydrogens is 262 g/mol. The number of hydrogen-bond acceptors (Lipinski definition) is 4. The molecule has 0 aromatic rings.